The molecule has 1 aliphatic carbocycles. The van der Waals surface area contributed by atoms with Crippen molar-refractivity contribution < 1.29 is 5.11 Å². The highest BCUT2D eigenvalue weighted by Crippen LogP contribution is 2.33. The van der Waals surface area contributed by atoms with Crippen molar-refractivity contribution in [3.63, 3.8) is 0 Å². The molecule has 0 aromatic carbocycles. The van der Waals surface area contributed by atoms with Crippen molar-refractivity contribution in [2.24, 2.45) is 5.92 Å². The van der Waals surface area contributed by atoms with Crippen LogP contribution in [-0.4, -0.2) is 26.8 Å². The summed E-state index contributed by atoms with van der Waals surface area (Å²) in [4.78, 5) is 3.99. The van der Waals surface area contributed by atoms with Gasteiger partial charge in [0.1, 0.15) is 0 Å². The van der Waals surface area contributed by atoms with Crippen LogP contribution in [0.1, 0.15) is 39.0 Å². The maximum atomic E-state index is 10.4. The molecule has 0 amide bonds. The Morgan fingerprint density at radius 2 is 2.24 bits per heavy atom. The van der Waals surface area contributed by atoms with Crippen molar-refractivity contribution in [3.05, 3.63) is 18.7 Å². The van der Waals surface area contributed by atoms with Crippen molar-refractivity contribution in [1.82, 2.24) is 14.9 Å². The summed E-state index contributed by atoms with van der Waals surface area (Å²) in [6.45, 7) is 3.91. The van der Waals surface area contributed by atoms with Gasteiger partial charge in [-0.25, -0.2) is 4.98 Å². The maximum Gasteiger partial charge on any atom is 0.0956 e. The number of rotatable bonds is 5. The summed E-state index contributed by atoms with van der Waals surface area (Å²) >= 11 is 0. The minimum atomic E-state index is -0.422. The highest BCUT2D eigenvalue weighted by Gasteiger charge is 2.30. The van der Waals surface area contributed by atoms with Gasteiger partial charge in [-0.3, -0.25) is 5.32 Å². The minimum absolute atomic E-state index is 0.422. The molecule has 0 unspecified atom stereocenters. The number of nitrogens with zero attached hydrogens (tertiary/aromatic N) is 2. The quantitative estimate of drug-likeness (QED) is 0.767. The molecule has 17 heavy (non-hydrogen) atoms. The van der Waals surface area contributed by atoms with E-state index in [0.29, 0.717) is 0 Å². The van der Waals surface area contributed by atoms with Gasteiger partial charge in [0.05, 0.1) is 18.6 Å². The van der Waals surface area contributed by atoms with Crippen molar-refractivity contribution >= 4 is 0 Å². The van der Waals surface area contributed by atoms with Gasteiger partial charge in [-0.2, -0.15) is 0 Å². The van der Waals surface area contributed by atoms with Crippen LogP contribution in [0.15, 0.2) is 18.7 Å². The van der Waals surface area contributed by atoms with Crippen LogP contribution in [0.2, 0.25) is 0 Å². The minimum Gasteiger partial charge on any atom is -0.390 e. The number of hydrogen-bond donors (Lipinski definition) is 2. The molecule has 0 atom stereocenters. The Kier molecular flexibility index (Phi) is 4.18. The molecule has 0 aliphatic heterocycles. The summed E-state index contributed by atoms with van der Waals surface area (Å²) in [5.74, 6) is 0.786. The fourth-order valence-electron chi connectivity index (χ4n) is 2.46. The van der Waals surface area contributed by atoms with Gasteiger partial charge in [0.2, 0.25) is 0 Å². The van der Waals surface area contributed by atoms with E-state index in [9.17, 15) is 5.11 Å². The topological polar surface area (TPSA) is 50.1 Å². The van der Waals surface area contributed by atoms with E-state index in [1.807, 2.05) is 10.8 Å². The Labute approximate surface area is 103 Å². The molecular formula is C13H23N3O. The first-order valence-corrected chi connectivity index (χ1v) is 6.57. The average Bonchev–Trinajstić information content (AvgIpc) is 2.82. The molecule has 0 bridgehead atoms. The van der Waals surface area contributed by atoms with Crippen LogP contribution in [0.5, 0.6) is 0 Å². The summed E-state index contributed by atoms with van der Waals surface area (Å²) in [6, 6.07) is 0. The van der Waals surface area contributed by atoms with Crippen LogP contribution < -0.4 is 5.32 Å². The third-order valence-corrected chi connectivity index (χ3v) is 3.83. The largest absolute Gasteiger partial charge is 0.390 e. The van der Waals surface area contributed by atoms with Crippen molar-refractivity contribution in [1.29, 1.82) is 0 Å². The van der Waals surface area contributed by atoms with Gasteiger partial charge >= 0.3 is 0 Å². The lowest BCUT2D eigenvalue weighted by atomic mass is 9.78. The zero-order chi connectivity index (χ0) is 12.1. The third-order valence-electron chi connectivity index (χ3n) is 3.83. The van der Waals surface area contributed by atoms with Gasteiger partial charge in [-0.1, -0.05) is 6.92 Å². The highest BCUT2D eigenvalue weighted by molar-refractivity contribution is 4.84. The molecule has 2 rings (SSSR count). The summed E-state index contributed by atoms with van der Waals surface area (Å²) in [5.41, 5.74) is -0.422. The molecule has 0 radical (unpaired) electrons. The number of aliphatic hydroxyl groups is 1. The SMILES string of the molecule is CC1CCC(O)(CCNCn2ccnc2)CC1. The van der Waals surface area contributed by atoms with Crippen LogP contribution in [0.3, 0.4) is 0 Å². The molecule has 4 heteroatoms. The molecule has 96 valence electrons. The van der Waals surface area contributed by atoms with Crippen molar-refractivity contribution in [2.45, 2.75) is 51.3 Å². The van der Waals surface area contributed by atoms with Gasteiger partial charge < -0.3 is 9.67 Å². The first kappa shape index (κ1) is 12.6. The smallest absolute Gasteiger partial charge is 0.0956 e. The first-order valence-electron chi connectivity index (χ1n) is 6.57. The molecule has 1 aliphatic rings. The van der Waals surface area contributed by atoms with E-state index >= 15 is 0 Å². The molecule has 1 saturated carbocycles. The molecule has 4 nitrogen and oxygen atoms in total. The van der Waals surface area contributed by atoms with E-state index in [1.54, 1.807) is 12.5 Å². The van der Waals surface area contributed by atoms with Crippen molar-refractivity contribution in [2.75, 3.05) is 6.54 Å². The Bertz CT molecular complexity index is 315. The lowest BCUT2D eigenvalue weighted by molar-refractivity contribution is -0.0142. The number of aromatic nitrogens is 2. The molecule has 1 aromatic rings. The van der Waals surface area contributed by atoms with Crippen LogP contribution in [0.25, 0.3) is 0 Å². The third kappa shape index (κ3) is 3.82. The molecule has 1 aromatic heterocycles. The van der Waals surface area contributed by atoms with Crippen LogP contribution in [0, 0.1) is 5.92 Å². The molecular weight excluding hydrogens is 214 g/mol. The number of nitrogens with one attached hydrogen (secondary N) is 1. The van der Waals surface area contributed by atoms with E-state index in [4.69, 9.17) is 0 Å². The van der Waals surface area contributed by atoms with E-state index in [-0.39, 0.29) is 0 Å². The highest BCUT2D eigenvalue weighted by atomic mass is 16.3. The fourth-order valence-corrected chi connectivity index (χ4v) is 2.46. The Morgan fingerprint density at radius 3 is 2.88 bits per heavy atom. The Balaban J connectivity index is 1.64. The average molecular weight is 237 g/mol. The van der Waals surface area contributed by atoms with Gasteiger partial charge in [0.25, 0.3) is 0 Å². The van der Waals surface area contributed by atoms with Crippen LogP contribution in [-0.2, 0) is 6.67 Å². The zero-order valence-corrected chi connectivity index (χ0v) is 10.6. The van der Waals surface area contributed by atoms with Crippen LogP contribution >= 0.6 is 0 Å². The van der Waals surface area contributed by atoms with Crippen molar-refractivity contribution in [3.8, 4) is 0 Å². The maximum absolute atomic E-state index is 10.4. The predicted molar refractivity (Wildman–Crippen MR) is 67.4 cm³/mol. The number of imidazole rings is 1. The second-order valence-electron chi connectivity index (χ2n) is 5.39. The Morgan fingerprint density at radius 1 is 1.47 bits per heavy atom. The summed E-state index contributed by atoms with van der Waals surface area (Å²) in [6.07, 6.45) is 10.6. The second-order valence-corrected chi connectivity index (χ2v) is 5.39. The Hall–Kier alpha value is -0.870. The van der Waals surface area contributed by atoms with Gasteiger partial charge in [0.15, 0.2) is 0 Å². The monoisotopic (exact) mass is 237 g/mol. The van der Waals surface area contributed by atoms with E-state index < -0.39 is 5.60 Å². The summed E-state index contributed by atoms with van der Waals surface area (Å²) < 4.78 is 1.99. The lowest BCUT2D eigenvalue weighted by Gasteiger charge is -2.35. The molecule has 2 N–H and O–H groups in total. The summed E-state index contributed by atoms with van der Waals surface area (Å²) in [7, 11) is 0. The predicted octanol–water partition coefficient (Wildman–Crippen LogP) is 1.76. The fraction of sp³-hybridized carbons (Fsp3) is 0.769. The second kappa shape index (κ2) is 5.65. The lowest BCUT2D eigenvalue weighted by Crippen LogP contribution is -2.37. The number of hydrogen-bond acceptors (Lipinski definition) is 3. The van der Waals surface area contributed by atoms with E-state index in [0.717, 1.165) is 51.2 Å². The normalized spacial score (nSPS) is 29.4. The molecule has 0 saturated heterocycles. The van der Waals surface area contributed by atoms with Gasteiger partial charge in [-0.05, 0) is 44.6 Å². The summed E-state index contributed by atoms with van der Waals surface area (Å²) in [5, 5.41) is 13.7. The molecule has 0 spiro atoms. The standard InChI is InChI=1S/C13H23N3O/c1-12-2-4-13(17,5-3-12)6-7-14-10-16-9-8-15-11-16/h8-9,11-12,14,17H,2-7,10H2,1H3. The van der Waals surface area contributed by atoms with Gasteiger partial charge in [0, 0.05) is 12.4 Å². The zero-order valence-electron chi connectivity index (χ0n) is 10.6. The molecule has 1 fully saturated rings. The van der Waals surface area contributed by atoms with E-state index in [1.165, 1.54) is 0 Å². The molecule has 1 heterocycles. The van der Waals surface area contributed by atoms with Gasteiger partial charge in [-0.15, -0.1) is 0 Å². The van der Waals surface area contributed by atoms with E-state index in [2.05, 4.69) is 17.2 Å². The van der Waals surface area contributed by atoms with Crippen LogP contribution in [0.4, 0.5) is 0 Å². The first-order chi connectivity index (χ1) is 8.18.